The molecule has 14 heteroatoms. The minimum Gasteiger partial charge on any atom is -0.350 e. The Labute approximate surface area is 193 Å². The summed E-state index contributed by atoms with van der Waals surface area (Å²) in [6.45, 7) is 1.45. The number of nitrogens with one attached hydrogen (secondary N) is 3. The summed E-state index contributed by atoms with van der Waals surface area (Å²) in [6, 6.07) is -1.11. The van der Waals surface area contributed by atoms with Gasteiger partial charge in [-0.1, -0.05) is 0 Å². The summed E-state index contributed by atoms with van der Waals surface area (Å²) in [6.07, 6.45) is -2.29. The van der Waals surface area contributed by atoms with Crippen LogP contribution in [0.3, 0.4) is 0 Å². The molecule has 11 nitrogen and oxygen atoms in total. The van der Waals surface area contributed by atoms with Crippen LogP contribution in [0.1, 0.15) is 12.8 Å². The molecular weight excluding hydrogens is 458 g/mol. The fourth-order valence-electron chi connectivity index (χ4n) is 5.24. The summed E-state index contributed by atoms with van der Waals surface area (Å²) >= 11 is 0. The Kier molecular flexibility index (Phi) is 7.22. The minimum atomic E-state index is -3.37. The standard InChI is InChI=1S/C19H34F2N8O3S/c1-27(2)33(31,32)12-3-5-28(6-4-12)16-13(21)8-23-9-14(16)25-19(30)15-17(22)26-29-10-11(20)7-24-18(15)29/h11-17,23,26H,3-10,22H2,1-2H3,(H,25,30). The molecule has 0 saturated carbocycles. The smallest absolute Gasteiger partial charge is 0.234 e. The number of alkyl halides is 2. The zero-order valence-corrected chi connectivity index (χ0v) is 19.8. The van der Waals surface area contributed by atoms with Crippen LogP contribution in [0.4, 0.5) is 8.78 Å². The number of hydrogen-bond acceptors (Lipinski definition) is 9. The Balaban J connectivity index is 1.43. The van der Waals surface area contributed by atoms with Crippen LogP contribution < -0.4 is 21.8 Å². The van der Waals surface area contributed by atoms with E-state index in [4.69, 9.17) is 5.73 Å². The topological polar surface area (TPSA) is 135 Å². The first-order valence-corrected chi connectivity index (χ1v) is 12.9. The molecule has 4 rings (SSSR count). The Morgan fingerprint density at radius 3 is 2.61 bits per heavy atom. The van der Waals surface area contributed by atoms with Crippen LogP contribution in [0.25, 0.3) is 0 Å². The SMILES string of the molecule is CN(C)S(=O)(=O)C1CCN(C2C(F)CNCC2NC(=O)C2C3=NCC(F)CN3NC2N)CC1. The number of amidine groups is 1. The molecule has 3 saturated heterocycles. The number of hydrogen-bond donors (Lipinski definition) is 4. The fourth-order valence-corrected chi connectivity index (χ4v) is 6.64. The van der Waals surface area contributed by atoms with E-state index in [1.807, 2.05) is 4.90 Å². The molecule has 0 radical (unpaired) electrons. The molecule has 0 aromatic carbocycles. The zero-order valence-electron chi connectivity index (χ0n) is 19.0. The Bertz CT molecular complexity index is 867. The molecular formula is C19H34F2N8O3S. The number of halogens is 2. The monoisotopic (exact) mass is 492 g/mol. The maximum Gasteiger partial charge on any atom is 0.234 e. The lowest BCUT2D eigenvalue weighted by Crippen LogP contribution is -2.67. The molecule has 4 heterocycles. The number of hydrazine groups is 1. The van der Waals surface area contributed by atoms with E-state index in [1.54, 1.807) is 0 Å². The number of likely N-dealkylation sites (tertiary alicyclic amines) is 1. The first kappa shape index (κ1) is 24.7. The van der Waals surface area contributed by atoms with Crippen LogP contribution >= 0.6 is 0 Å². The number of piperidine rings is 2. The Hall–Kier alpha value is -1.45. The number of nitrogens with two attached hydrogens (primary N) is 1. The molecule has 0 aromatic heterocycles. The van der Waals surface area contributed by atoms with Gasteiger partial charge in [0.2, 0.25) is 15.9 Å². The lowest BCUT2D eigenvalue weighted by molar-refractivity contribution is -0.125. The van der Waals surface area contributed by atoms with Gasteiger partial charge in [-0.3, -0.25) is 19.7 Å². The van der Waals surface area contributed by atoms with Crippen molar-refractivity contribution in [3.8, 4) is 0 Å². The summed E-state index contributed by atoms with van der Waals surface area (Å²) in [4.78, 5) is 19.3. The second kappa shape index (κ2) is 9.66. The van der Waals surface area contributed by atoms with E-state index < -0.39 is 51.8 Å². The average molecular weight is 493 g/mol. The number of amides is 1. The molecule has 0 bridgehead atoms. The van der Waals surface area contributed by atoms with Crippen LogP contribution in [0, 0.1) is 5.92 Å². The largest absolute Gasteiger partial charge is 0.350 e. The highest BCUT2D eigenvalue weighted by atomic mass is 32.2. The molecule has 6 atom stereocenters. The van der Waals surface area contributed by atoms with Gasteiger partial charge >= 0.3 is 0 Å². The van der Waals surface area contributed by atoms with Crippen LogP contribution in [0.15, 0.2) is 4.99 Å². The molecule has 4 aliphatic heterocycles. The van der Waals surface area contributed by atoms with Crippen molar-refractivity contribution >= 4 is 21.8 Å². The second-order valence-electron chi connectivity index (χ2n) is 9.38. The number of carbonyl (C=O) groups is 1. The third-order valence-corrected chi connectivity index (χ3v) is 9.31. The van der Waals surface area contributed by atoms with Crippen molar-refractivity contribution in [1.29, 1.82) is 0 Å². The number of rotatable bonds is 5. The highest BCUT2D eigenvalue weighted by Gasteiger charge is 2.46. The molecule has 6 unspecified atom stereocenters. The van der Waals surface area contributed by atoms with Crippen molar-refractivity contribution in [3.63, 3.8) is 0 Å². The molecule has 3 fully saturated rings. The summed E-state index contributed by atoms with van der Waals surface area (Å²) in [5.74, 6) is -0.778. The zero-order chi connectivity index (χ0) is 23.9. The van der Waals surface area contributed by atoms with Gasteiger partial charge in [0.25, 0.3) is 0 Å². The normalized spacial score (nSPS) is 36.5. The van der Waals surface area contributed by atoms with Crippen molar-refractivity contribution in [2.75, 3.05) is 53.4 Å². The van der Waals surface area contributed by atoms with Gasteiger partial charge in [0.05, 0.1) is 36.6 Å². The molecule has 5 N–H and O–H groups in total. The van der Waals surface area contributed by atoms with Crippen LogP contribution in [-0.2, 0) is 14.8 Å². The Morgan fingerprint density at radius 2 is 1.94 bits per heavy atom. The van der Waals surface area contributed by atoms with E-state index in [1.165, 1.54) is 23.4 Å². The third-order valence-electron chi connectivity index (χ3n) is 6.98. The molecule has 0 spiro atoms. The van der Waals surface area contributed by atoms with Gasteiger partial charge in [0.15, 0.2) is 0 Å². The van der Waals surface area contributed by atoms with E-state index >= 15 is 4.39 Å². The second-order valence-corrected chi connectivity index (χ2v) is 11.8. The molecule has 0 aromatic rings. The maximum absolute atomic E-state index is 15.1. The van der Waals surface area contributed by atoms with E-state index in [2.05, 4.69) is 21.1 Å². The highest BCUT2D eigenvalue weighted by Crippen LogP contribution is 2.26. The molecule has 1 amide bonds. The van der Waals surface area contributed by atoms with E-state index in [9.17, 15) is 17.6 Å². The van der Waals surface area contributed by atoms with Crippen molar-refractivity contribution in [1.82, 2.24) is 30.3 Å². The first-order chi connectivity index (χ1) is 15.6. The predicted octanol–water partition coefficient (Wildman–Crippen LogP) is -2.39. The van der Waals surface area contributed by atoms with Crippen molar-refractivity contribution in [2.24, 2.45) is 16.6 Å². The van der Waals surface area contributed by atoms with E-state index in [0.717, 1.165) is 0 Å². The number of fused-ring (bicyclic) bond motifs is 1. The quantitative estimate of drug-likeness (QED) is 0.334. The fraction of sp³-hybridized carbons (Fsp3) is 0.895. The van der Waals surface area contributed by atoms with Crippen molar-refractivity contribution in [2.45, 2.75) is 48.7 Å². The van der Waals surface area contributed by atoms with Crippen molar-refractivity contribution in [3.05, 3.63) is 0 Å². The van der Waals surface area contributed by atoms with E-state index in [0.29, 0.717) is 38.3 Å². The summed E-state index contributed by atoms with van der Waals surface area (Å²) < 4.78 is 54.9. The first-order valence-electron chi connectivity index (χ1n) is 11.4. The molecule has 0 aliphatic carbocycles. The minimum absolute atomic E-state index is 0.0189. The maximum atomic E-state index is 15.1. The molecule has 33 heavy (non-hydrogen) atoms. The highest BCUT2D eigenvalue weighted by molar-refractivity contribution is 7.89. The summed E-state index contributed by atoms with van der Waals surface area (Å²) in [7, 11) is -0.328. The summed E-state index contributed by atoms with van der Waals surface area (Å²) in [5.41, 5.74) is 8.98. The number of nitrogens with zero attached hydrogens (tertiary/aromatic N) is 4. The molecule has 4 aliphatic rings. The number of carbonyl (C=O) groups excluding carboxylic acids is 1. The van der Waals surface area contributed by atoms with Gasteiger partial charge in [0, 0.05) is 27.2 Å². The van der Waals surface area contributed by atoms with Crippen LogP contribution in [0.2, 0.25) is 0 Å². The van der Waals surface area contributed by atoms with Gasteiger partial charge in [-0.25, -0.2) is 26.9 Å². The van der Waals surface area contributed by atoms with Gasteiger partial charge < -0.3 is 16.4 Å². The Morgan fingerprint density at radius 1 is 1.24 bits per heavy atom. The summed E-state index contributed by atoms with van der Waals surface area (Å²) in [5, 5.41) is 6.94. The predicted molar refractivity (Wildman–Crippen MR) is 119 cm³/mol. The van der Waals surface area contributed by atoms with Crippen molar-refractivity contribution < 1.29 is 22.0 Å². The lowest BCUT2D eigenvalue weighted by atomic mass is 9.93. The van der Waals surface area contributed by atoms with Gasteiger partial charge in [-0.15, -0.1) is 0 Å². The number of aliphatic imine (C=N–C) groups is 1. The van der Waals surface area contributed by atoms with Gasteiger partial charge in [-0.2, -0.15) is 0 Å². The van der Waals surface area contributed by atoms with Gasteiger partial charge in [0.1, 0.15) is 24.1 Å². The number of sulfonamides is 1. The average Bonchev–Trinajstić information content (AvgIpc) is 3.08. The van der Waals surface area contributed by atoms with E-state index in [-0.39, 0.29) is 25.5 Å². The molecule has 188 valence electrons. The third kappa shape index (κ3) is 4.86. The van der Waals surface area contributed by atoms with Crippen LogP contribution in [-0.4, -0.2) is 124 Å². The lowest BCUT2D eigenvalue weighted by Gasteiger charge is -2.45. The van der Waals surface area contributed by atoms with Gasteiger partial charge in [-0.05, 0) is 25.9 Å². The van der Waals surface area contributed by atoms with Crippen LogP contribution in [0.5, 0.6) is 0 Å².